The smallest absolute Gasteiger partial charge is 0.321 e. The molecule has 2 heterocycles. The number of nitrogens with zero attached hydrogens (tertiary/aromatic N) is 2. The van der Waals surface area contributed by atoms with E-state index in [1.165, 1.54) is 0 Å². The molecule has 0 bridgehead atoms. The lowest BCUT2D eigenvalue weighted by molar-refractivity contribution is 0.0988. The summed E-state index contributed by atoms with van der Waals surface area (Å²) in [6, 6.07) is 8.50. The molecule has 3 rings (SSSR count). The zero-order valence-electron chi connectivity index (χ0n) is 11.4. The molecule has 0 atom stereocenters. The van der Waals surface area contributed by atoms with Crippen molar-refractivity contribution in [2.24, 2.45) is 0 Å². The zero-order chi connectivity index (χ0) is 14.8. The summed E-state index contributed by atoms with van der Waals surface area (Å²) in [5, 5.41) is 9.11. The Labute approximate surface area is 120 Å². The van der Waals surface area contributed by atoms with Gasteiger partial charge in [-0.2, -0.15) is 0 Å². The average molecular weight is 286 g/mol. The van der Waals surface area contributed by atoms with E-state index in [1.807, 2.05) is 0 Å². The van der Waals surface area contributed by atoms with Gasteiger partial charge in [-0.1, -0.05) is 5.16 Å². The minimum atomic E-state index is -0.359. The summed E-state index contributed by atoms with van der Waals surface area (Å²) in [6.45, 7) is 3.03. The van der Waals surface area contributed by atoms with Gasteiger partial charge in [-0.05, 0) is 31.2 Å². The van der Waals surface area contributed by atoms with Crippen LogP contribution in [0.25, 0.3) is 0 Å². The number of hydrogen-bond acceptors (Lipinski definition) is 4. The van der Waals surface area contributed by atoms with Gasteiger partial charge in [0.1, 0.15) is 0 Å². The van der Waals surface area contributed by atoms with E-state index in [0.717, 1.165) is 5.69 Å². The number of aryl methyl sites for hydroxylation is 1. The Morgan fingerprint density at radius 2 is 2.14 bits per heavy atom. The normalized spacial score (nSPS) is 14.1. The van der Waals surface area contributed by atoms with Crippen molar-refractivity contribution in [1.82, 2.24) is 10.5 Å². The molecule has 1 fully saturated rings. The number of nitrogens with one attached hydrogen (secondary N) is 2. The minimum absolute atomic E-state index is 0.107. The van der Waals surface area contributed by atoms with Crippen LogP contribution in [-0.2, 0) is 0 Å². The van der Waals surface area contributed by atoms with Crippen LogP contribution in [0.5, 0.6) is 0 Å². The van der Waals surface area contributed by atoms with E-state index in [-0.39, 0.29) is 17.7 Å². The molecule has 21 heavy (non-hydrogen) atoms. The Kier molecular flexibility index (Phi) is 3.31. The molecule has 1 saturated heterocycles. The second-order valence-corrected chi connectivity index (χ2v) is 4.72. The predicted molar refractivity (Wildman–Crippen MR) is 76.4 cm³/mol. The van der Waals surface area contributed by atoms with Gasteiger partial charge in [0.05, 0.1) is 5.69 Å². The van der Waals surface area contributed by atoms with Crippen molar-refractivity contribution in [3.8, 4) is 0 Å². The number of amides is 3. The van der Waals surface area contributed by atoms with Crippen LogP contribution in [-0.4, -0.2) is 30.2 Å². The fourth-order valence-corrected chi connectivity index (χ4v) is 2.11. The number of carbonyl (C=O) groups is 2. The molecule has 0 radical (unpaired) electrons. The molecule has 2 N–H and O–H groups in total. The maximum Gasteiger partial charge on any atom is 0.321 e. The van der Waals surface area contributed by atoms with Crippen LogP contribution < -0.4 is 15.5 Å². The van der Waals surface area contributed by atoms with Crippen molar-refractivity contribution in [3.05, 3.63) is 41.8 Å². The molecule has 0 aliphatic carbocycles. The highest BCUT2D eigenvalue weighted by molar-refractivity contribution is 6.02. The van der Waals surface area contributed by atoms with Gasteiger partial charge in [0.25, 0.3) is 5.91 Å². The Bertz CT molecular complexity index is 678. The van der Waals surface area contributed by atoms with E-state index in [2.05, 4.69) is 15.8 Å². The summed E-state index contributed by atoms with van der Waals surface area (Å²) in [5.41, 5.74) is 2.06. The van der Waals surface area contributed by atoms with Crippen LogP contribution in [0.3, 0.4) is 0 Å². The van der Waals surface area contributed by atoms with Gasteiger partial charge < -0.3 is 15.2 Å². The Hall–Kier alpha value is -2.83. The van der Waals surface area contributed by atoms with E-state index in [9.17, 15) is 9.59 Å². The van der Waals surface area contributed by atoms with Gasteiger partial charge in [-0.25, -0.2) is 4.79 Å². The maximum atomic E-state index is 11.9. The second kappa shape index (κ2) is 5.28. The zero-order valence-corrected chi connectivity index (χ0v) is 11.4. The van der Waals surface area contributed by atoms with Crippen molar-refractivity contribution in [3.63, 3.8) is 0 Å². The van der Waals surface area contributed by atoms with E-state index in [1.54, 1.807) is 42.2 Å². The highest BCUT2D eigenvalue weighted by Gasteiger charge is 2.21. The molecule has 1 aliphatic rings. The van der Waals surface area contributed by atoms with Crippen LogP contribution in [0.15, 0.2) is 34.9 Å². The predicted octanol–water partition coefficient (Wildman–Crippen LogP) is 1.76. The van der Waals surface area contributed by atoms with Crippen molar-refractivity contribution >= 4 is 23.3 Å². The van der Waals surface area contributed by atoms with Crippen molar-refractivity contribution in [2.75, 3.05) is 23.3 Å². The first-order valence-electron chi connectivity index (χ1n) is 6.53. The Morgan fingerprint density at radius 3 is 2.71 bits per heavy atom. The lowest BCUT2D eigenvalue weighted by atomic mass is 10.2. The number of rotatable bonds is 3. The van der Waals surface area contributed by atoms with Crippen molar-refractivity contribution in [2.45, 2.75) is 6.92 Å². The lowest BCUT2D eigenvalue weighted by Gasteiger charge is -2.14. The quantitative estimate of drug-likeness (QED) is 0.900. The number of anilines is 2. The summed E-state index contributed by atoms with van der Waals surface area (Å²) in [7, 11) is 0. The van der Waals surface area contributed by atoms with Gasteiger partial charge in [-0.15, -0.1) is 0 Å². The molecule has 0 spiro atoms. The molecule has 1 aromatic heterocycles. The first-order chi connectivity index (χ1) is 10.1. The monoisotopic (exact) mass is 286 g/mol. The van der Waals surface area contributed by atoms with E-state index >= 15 is 0 Å². The molecular weight excluding hydrogens is 272 g/mol. The first kappa shape index (κ1) is 13.2. The van der Waals surface area contributed by atoms with Crippen molar-refractivity contribution < 1.29 is 14.1 Å². The highest BCUT2D eigenvalue weighted by Crippen LogP contribution is 2.20. The van der Waals surface area contributed by atoms with Crippen LogP contribution in [0, 0.1) is 6.92 Å². The molecular formula is C14H14N4O3. The summed E-state index contributed by atoms with van der Waals surface area (Å²) in [5.74, 6) is -0.197. The molecule has 1 aromatic carbocycles. The van der Waals surface area contributed by atoms with Gasteiger partial charge in [0.2, 0.25) is 5.76 Å². The molecule has 7 heteroatoms. The van der Waals surface area contributed by atoms with Crippen LogP contribution >= 0.6 is 0 Å². The summed E-state index contributed by atoms with van der Waals surface area (Å²) in [4.78, 5) is 25.1. The van der Waals surface area contributed by atoms with Crippen LogP contribution in [0.2, 0.25) is 0 Å². The van der Waals surface area contributed by atoms with E-state index in [0.29, 0.717) is 24.5 Å². The summed E-state index contributed by atoms with van der Waals surface area (Å²) < 4.78 is 4.89. The van der Waals surface area contributed by atoms with E-state index in [4.69, 9.17) is 4.52 Å². The minimum Gasteiger partial charge on any atom is -0.351 e. The number of hydrogen-bond donors (Lipinski definition) is 2. The number of urea groups is 1. The third kappa shape index (κ3) is 2.71. The number of aromatic nitrogens is 1. The summed E-state index contributed by atoms with van der Waals surface area (Å²) >= 11 is 0. The number of benzene rings is 1. The topological polar surface area (TPSA) is 87.5 Å². The largest absolute Gasteiger partial charge is 0.351 e. The molecule has 0 saturated carbocycles. The van der Waals surface area contributed by atoms with Gasteiger partial charge in [0, 0.05) is 30.5 Å². The molecule has 0 unspecified atom stereocenters. The van der Waals surface area contributed by atoms with Crippen LogP contribution in [0.1, 0.15) is 16.2 Å². The standard InChI is InChI=1S/C14H14N4O3/c1-9-8-12(21-17-9)13(19)16-10-2-4-11(5-3-10)18-7-6-15-14(18)20/h2-5,8H,6-7H2,1H3,(H,15,20)(H,16,19). The van der Waals surface area contributed by atoms with Gasteiger partial charge in [-0.3, -0.25) is 9.69 Å². The molecule has 3 amide bonds. The fraction of sp³-hybridized carbons (Fsp3) is 0.214. The van der Waals surface area contributed by atoms with E-state index < -0.39 is 0 Å². The second-order valence-electron chi connectivity index (χ2n) is 4.72. The van der Waals surface area contributed by atoms with Crippen LogP contribution in [0.4, 0.5) is 16.2 Å². The third-order valence-electron chi connectivity index (χ3n) is 3.15. The Balaban J connectivity index is 1.69. The molecule has 2 aromatic rings. The van der Waals surface area contributed by atoms with Gasteiger partial charge >= 0.3 is 6.03 Å². The molecule has 1 aliphatic heterocycles. The SMILES string of the molecule is Cc1cc(C(=O)Nc2ccc(N3CCNC3=O)cc2)on1. The lowest BCUT2D eigenvalue weighted by Crippen LogP contribution is -2.27. The first-order valence-corrected chi connectivity index (χ1v) is 6.53. The fourth-order valence-electron chi connectivity index (χ4n) is 2.11. The van der Waals surface area contributed by atoms with Gasteiger partial charge in [0.15, 0.2) is 0 Å². The summed E-state index contributed by atoms with van der Waals surface area (Å²) in [6.07, 6.45) is 0. The maximum absolute atomic E-state index is 11.9. The highest BCUT2D eigenvalue weighted by atomic mass is 16.5. The third-order valence-corrected chi connectivity index (χ3v) is 3.15. The molecule has 7 nitrogen and oxygen atoms in total. The van der Waals surface area contributed by atoms with Crippen molar-refractivity contribution in [1.29, 1.82) is 0 Å². The Morgan fingerprint density at radius 1 is 1.38 bits per heavy atom. The number of carbonyl (C=O) groups excluding carboxylic acids is 2. The average Bonchev–Trinajstić information content (AvgIpc) is 3.08. The molecule has 108 valence electrons.